The highest BCUT2D eigenvalue weighted by molar-refractivity contribution is 9.10. The van der Waals surface area contributed by atoms with Gasteiger partial charge in [0.2, 0.25) is 5.95 Å². The minimum Gasteiger partial charge on any atom is -0.368 e. The minimum atomic E-state index is -0.456. The van der Waals surface area contributed by atoms with Crippen LogP contribution in [0.25, 0.3) is 27.6 Å². The molecule has 0 fully saturated rings. The number of nitrogen functional groups attached to an aromatic ring is 1. The molecule has 0 saturated heterocycles. The fraction of sp³-hybridized carbons (Fsp3) is 0.150. The molecule has 0 aliphatic rings. The van der Waals surface area contributed by atoms with Gasteiger partial charge in [0.25, 0.3) is 5.56 Å². The molecule has 4 heterocycles. The summed E-state index contributed by atoms with van der Waals surface area (Å²) in [5, 5.41) is 27.3. The molecule has 0 radical (unpaired) electrons. The van der Waals surface area contributed by atoms with E-state index in [1.807, 2.05) is 6.92 Å². The summed E-state index contributed by atoms with van der Waals surface area (Å²) in [4.78, 5) is 26.9. The number of nitrogens with one attached hydrogen (secondary N) is 3. The summed E-state index contributed by atoms with van der Waals surface area (Å²) in [5.41, 5.74) is 7.15. The lowest BCUT2D eigenvalue weighted by Gasteiger charge is -2.22. The second kappa shape index (κ2) is 7.99. The van der Waals surface area contributed by atoms with Crippen LogP contribution in [0, 0.1) is 11.3 Å². The van der Waals surface area contributed by atoms with E-state index in [9.17, 15) is 10.1 Å². The number of rotatable bonds is 5. The lowest BCUT2D eigenvalue weighted by atomic mass is 10.1. The summed E-state index contributed by atoms with van der Waals surface area (Å²) >= 11 is 3.40. The van der Waals surface area contributed by atoms with Crippen molar-refractivity contribution < 1.29 is 0 Å². The Kier molecular flexibility index (Phi) is 4.98. The zero-order valence-electron chi connectivity index (χ0n) is 17.2. The van der Waals surface area contributed by atoms with Gasteiger partial charge in [0.1, 0.15) is 22.3 Å². The molecule has 0 spiro atoms. The van der Waals surface area contributed by atoms with Gasteiger partial charge in [-0.05, 0) is 34.5 Å². The second-order valence-corrected chi connectivity index (χ2v) is 7.90. The van der Waals surface area contributed by atoms with Crippen LogP contribution in [0.3, 0.4) is 0 Å². The maximum Gasteiger partial charge on any atom is 0.267 e. The van der Waals surface area contributed by atoms with Crippen molar-refractivity contribution in [2.24, 2.45) is 0 Å². The van der Waals surface area contributed by atoms with Gasteiger partial charge in [-0.1, -0.05) is 13.0 Å². The first-order valence-electron chi connectivity index (χ1n) is 9.90. The van der Waals surface area contributed by atoms with Crippen LogP contribution in [0.5, 0.6) is 0 Å². The molecule has 4 aromatic heterocycles. The highest BCUT2D eigenvalue weighted by atomic mass is 79.9. The molecule has 0 saturated carbocycles. The quantitative estimate of drug-likeness (QED) is 0.279. The van der Waals surface area contributed by atoms with Gasteiger partial charge in [-0.15, -0.1) is 0 Å². The van der Waals surface area contributed by atoms with Crippen molar-refractivity contribution in [3.63, 3.8) is 0 Å². The molecule has 0 bridgehead atoms. The van der Waals surface area contributed by atoms with Crippen LogP contribution >= 0.6 is 15.9 Å². The second-order valence-electron chi connectivity index (χ2n) is 7.15. The Morgan fingerprint density at radius 1 is 1.30 bits per heavy atom. The average molecular weight is 506 g/mol. The van der Waals surface area contributed by atoms with Crippen LogP contribution in [0.1, 0.15) is 30.8 Å². The van der Waals surface area contributed by atoms with Gasteiger partial charge in [0.05, 0.1) is 39.8 Å². The maximum absolute atomic E-state index is 13.6. The van der Waals surface area contributed by atoms with Crippen LogP contribution in [-0.4, -0.2) is 39.9 Å². The number of aromatic nitrogens is 8. The molecule has 33 heavy (non-hydrogen) atoms. The number of aromatic amines is 2. The summed E-state index contributed by atoms with van der Waals surface area (Å²) < 4.78 is 1.97. The van der Waals surface area contributed by atoms with E-state index in [0.717, 1.165) is 0 Å². The molecule has 1 aromatic carbocycles. The Bertz CT molecular complexity index is 1600. The van der Waals surface area contributed by atoms with Crippen molar-refractivity contribution in [2.45, 2.75) is 19.4 Å². The van der Waals surface area contributed by atoms with Crippen molar-refractivity contribution in [1.82, 2.24) is 39.9 Å². The average Bonchev–Trinajstić information content (AvgIpc) is 3.47. The molecule has 164 valence electrons. The topological polar surface area (TPSA) is 180 Å². The Balaban J connectivity index is 1.75. The number of benzene rings is 1. The number of anilines is 2. The van der Waals surface area contributed by atoms with Crippen LogP contribution in [0.4, 0.5) is 11.8 Å². The molecule has 12 nitrogen and oxygen atoms in total. The molecule has 5 rings (SSSR count). The number of nitriles is 1. The van der Waals surface area contributed by atoms with Gasteiger partial charge in [-0.25, -0.2) is 4.98 Å². The molecule has 1 unspecified atom stereocenters. The Hall–Kier alpha value is -4.31. The van der Waals surface area contributed by atoms with Crippen LogP contribution in [0.15, 0.2) is 40.0 Å². The third kappa shape index (κ3) is 3.37. The summed E-state index contributed by atoms with van der Waals surface area (Å²) in [6.07, 6.45) is 3.66. The van der Waals surface area contributed by atoms with E-state index in [-0.39, 0.29) is 22.5 Å². The van der Waals surface area contributed by atoms with E-state index in [0.29, 0.717) is 44.9 Å². The van der Waals surface area contributed by atoms with Gasteiger partial charge < -0.3 is 11.1 Å². The van der Waals surface area contributed by atoms with E-state index in [4.69, 9.17) is 10.7 Å². The number of H-pyrrole nitrogens is 2. The fourth-order valence-corrected chi connectivity index (χ4v) is 4.19. The summed E-state index contributed by atoms with van der Waals surface area (Å²) in [5.74, 6) is 0.925. The third-order valence-electron chi connectivity index (χ3n) is 5.21. The van der Waals surface area contributed by atoms with Crippen molar-refractivity contribution in [2.75, 3.05) is 11.1 Å². The predicted octanol–water partition coefficient (Wildman–Crippen LogP) is 2.55. The van der Waals surface area contributed by atoms with E-state index >= 15 is 0 Å². The smallest absolute Gasteiger partial charge is 0.267 e. The molecular weight excluding hydrogens is 490 g/mol. The van der Waals surface area contributed by atoms with E-state index in [2.05, 4.69) is 57.7 Å². The first kappa shape index (κ1) is 20.6. The third-order valence-corrected chi connectivity index (χ3v) is 5.78. The van der Waals surface area contributed by atoms with Crippen molar-refractivity contribution in [3.05, 3.63) is 56.9 Å². The Morgan fingerprint density at radius 3 is 2.88 bits per heavy atom. The highest BCUT2D eigenvalue weighted by Crippen LogP contribution is 2.31. The van der Waals surface area contributed by atoms with E-state index in [1.54, 1.807) is 24.4 Å². The SMILES string of the molecule is CCC(Nc1nc(N)nc2[nH]nc(Br)c12)c1nc2cccc(C#N)c2c(=O)n1-c1cn[nH]c1. The minimum absolute atomic E-state index is 0.0633. The normalized spacial score (nSPS) is 12.2. The van der Waals surface area contributed by atoms with Crippen molar-refractivity contribution in [3.8, 4) is 11.8 Å². The molecule has 0 aliphatic heterocycles. The molecular formula is C20H16BrN11O. The molecule has 13 heteroatoms. The molecule has 5 aromatic rings. The summed E-state index contributed by atoms with van der Waals surface area (Å²) in [7, 11) is 0. The zero-order chi connectivity index (χ0) is 23.1. The van der Waals surface area contributed by atoms with E-state index in [1.165, 1.54) is 10.8 Å². The van der Waals surface area contributed by atoms with Gasteiger partial charge in [-0.2, -0.15) is 25.4 Å². The summed E-state index contributed by atoms with van der Waals surface area (Å²) in [6.45, 7) is 1.95. The fourth-order valence-electron chi connectivity index (χ4n) is 3.72. The molecule has 1 atom stereocenters. The van der Waals surface area contributed by atoms with Gasteiger partial charge >= 0.3 is 0 Å². The predicted molar refractivity (Wildman–Crippen MR) is 125 cm³/mol. The molecule has 0 amide bonds. The lowest BCUT2D eigenvalue weighted by molar-refractivity contribution is 0.659. The van der Waals surface area contributed by atoms with Crippen molar-refractivity contribution >= 4 is 49.6 Å². The zero-order valence-corrected chi connectivity index (χ0v) is 18.8. The molecule has 0 aliphatic carbocycles. The number of hydrogen-bond donors (Lipinski definition) is 4. The molecule has 5 N–H and O–H groups in total. The van der Waals surface area contributed by atoms with Crippen LogP contribution < -0.4 is 16.6 Å². The highest BCUT2D eigenvalue weighted by Gasteiger charge is 2.24. The largest absolute Gasteiger partial charge is 0.368 e. The number of nitrogens with two attached hydrogens (primary N) is 1. The van der Waals surface area contributed by atoms with Gasteiger partial charge in [0.15, 0.2) is 5.65 Å². The number of nitrogens with zero attached hydrogens (tertiary/aromatic N) is 7. The standard InChI is InChI=1S/C20H16BrN11O/c1-2-11(26-16-14-15(21)30-31-17(14)29-20(23)28-16)18-27-12-5-3-4-9(6-22)13(12)19(33)32(18)10-7-24-25-8-10/h3-5,7-8,11H,2H2,1H3,(H,24,25)(H4,23,26,28,29,30,31). The Labute approximate surface area is 194 Å². The number of halogens is 1. The van der Waals surface area contributed by atoms with Crippen molar-refractivity contribution in [1.29, 1.82) is 5.26 Å². The van der Waals surface area contributed by atoms with Crippen LogP contribution in [0.2, 0.25) is 0 Å². The maximum atomic E-state index is 13.6. The Morgan fingerprint density at radius 2 is 2.15 bits per heavy atom. The van der Waals surface area contributed by atoms with Crippen LogP contribution in [-0.2, 0) is 0 Å². The van der Waals surface area contributed by atoms with Gasteiger partial charge in [-0.3, -0.25) is 19.6 Å². The lowest BCUT2D eigenvalue weighted by Crippen LogP contribution is -2.28. The van der Waals surface area contributed by atoms with E-state index < -0.39 is 6.04 Å². The monoisotopic (exact) mass is 505 g/mol. The summed E-state index contributed by atoms with van der Waals surface area (Å²) in [6, 6.07) is 6.62. The number of fused-ring (bicyclic) bond motifs is 2. The number of hydrogen-bond acceptors (Lipinski definition) is 9. The first-order chi connectivity index (χ1) is 16.0. The first-order valence-corrected chi connectivity index (χ1v) is 10.7. The van der Waals surface area contributed by atoms with Gasteiger partial charge in [0, 0.05) is 6.20 Å².